The summed E-state index contributed by atoms with van der Waals surface area (Å²) in [5.41, 5.74) is 5.00. The van der Waals surface area contributed by atoms with Crippen LogP contribution in [0.25, 0.3) is 0 Å². The van der Waals surface area contributed by atoms with E-state index in [9.17, 15) is 9.59 Å². The third-order valence-electron chi connectivity index (χ3n) is 5.22. The lowest BCUT2D eigenvalue weighted by Crippen LogP contribution is -2.26. The van der Waals surface area contributed by atoms with Crippen LogP contribution < -0.4 is 10.6 Å². The lowest BCUT2D eigenvalue weighted by atomic mass is 9.97. The summed E-state index contributed by atoms with van der Waals surface area (Å²) in [6, 6.07) is 8.93. The van der Waals surface area contributed by atoms with E-state index in [0.717, 1.165) is 36.1 Å². The highest BCUT2D eigenvalue weighted by atomic mass is 16.2. The number of carbonyl (C=O) groups excluding carboxylic acids is 2. The molecule has 5 heteroatoms. The molecule has 0 radical (unpaired) electrons. The van der Waals surface area contributed by atoms with Gasteiger partial charge in [-0.2, -0.15) is 0 Å². The fourth-order valence-electron chi connectivity index (χ4n) is 3.34. The Bertz CT molecular complexity index is 902. The summed E-state index contributed by atoms with van der Waals surface area (Å²) >= 11 is 0. The minimum atomic E-state index is -0.252. The number of nitrogens with zero attached hydrogens (tertiary/aromatic N) is 1. The zero-order chi connectivity index (χ0) is 19.9. The van der Waals surface area contributed by atoms with E-state index in [-0.39, 0.29) is 17.5 Å². The minimum Gasteiger partial charge on any atom is -0.350 e. The Balaban J connectivity index is 1.61. The molecule has 1 aliphatic carbocycles. The van der Waals surface area contributed by atoms with Crippen LogP contribution in [0.2, 0.25) is 0 Å². The molecule has 3 rings (SSSR count). The van der Waals surface area contributed by atoms with E-state index in [4.69, 9.17) is 0 Å². The summed E-state index contributed by atoms with van der Waals surface area (Å²) < 4.78 is 0. The van der Waals surface area contributed by atoms with Crippen molar-refractivity contribution in [1.29, 1.82) is 0 Å². The van der Waals surface area contributed by atoms with E-state index < -0.39 is 0 Å². The first kappa shape index (κ1) is 19.8. The molecule has 1 aliphatic rings. The Kier molecular flexibility index (Phi) is 6.58. The molecule has 0 saturated carbocycles. The lowest BCUT2D eigenvalue weighted by molar-refractivity contribution is 0.0949. The maximum absolute atomic E-state index is 12.6. The number of benzene rings is 1. The number of hydrogen-bond donors (Lipinski definition) is 2. The molecular weight excluding hydrogens is 350 g/mol. The smallest absolute Gasteiger partial charge is 0.269 e. The summed E-state index contributed by atoms with van der Waals surface area (Å²) in [7, 11) is 0. The Morgan fingerprint density at radius 1 is 1.11 bits per heavy atom. The molecule has 5 nitrogen and oxygen atoms in total. The fraction of sp³-hybridized carbons (Fsp3) is 0.348. The van der Waals surface area contributed by atoms with Crippen LogP contribution >= 0.6 is 0 Å². The van der Waals surface area contributed by atoms with Crippen LogP contribution in [-0.2, 0) is 0 Å². The number of pyridine rings is 1. The number of aromatic nitrogens is 1. The number of rotatable bonds is 6. The van der Waals surface area contributed by atoms with E-state index in [1.54, 1.807) is 6.07 Å². The number of aryl methyl sites for hydroxylation is 1. The van der Waals surface area contributed by atoms with Crippen molar-refractivity contribution in [2.45, 2.75) is 46.0 Å². The van der Waals surface area contributed by atoms with Gasteiger partial charge in [0.15, 0.2) is 0 Å². The predicted octanol–water partition coefficient (Wildman–Crippen LogP) is 4.57. The summed E-state index contributed by atoms with van der Waals surface area (Å²) in [4.78, 5) is 29.1. The van der Waals surface area contributed by atoms with Gasteiger partial charge in [0.2, 0.25) is 0 Å². The molecule has 1 heterocycles. The van der Waals surface area contributed by atoms with Crippen molar-refractivity contribution in [2.24, 2.45) is 0 Å². The van der Waals surface area contributed by atoms with Gasteiger partial charge in [-0.15, -0.1) is 0 Å². The SMILES string of the molecule is Cc1cccc(NC(=O)c2ccnc(C(=O)NCCC3=CCCCC3)c2)c1C. The summed E-state index contributed by atoms with van der Waals surface area (Å²) in [5.74, 6) is -0.504. The molecule has 0 spiro atoms. The average molecular weight is 377 g/mol. The second-order valence-electron chi connectivity index (χ2n) is 7.25. The zero-order valence-corrected chi connectivity index (χ0v) is 16.5. The molecule has 0 atom stereocenters. The third kappa shape index (κ3) is 5.06. The molecule has 2 N–H and O–H groups in total. The number of allylic oxidation sites excluding steroid dienone is 1. The van der Waals surface area contributed by atoms with E-state index in [0.29, 0.717) is 12.1 Å². The van der Waals surface area contributed by atoms with Gasteiger partial charge in [-0.05, 0) is 75.3 Å². The quantitative estimate of drug-likeness (QED) is 0.724. The molecule has 0 bridgehead atoms. The topological polar surface area (TPSA) is 71.1 Å². The highest BCUT2D eigenvalue weighted by molar-refractivity contribution is 6.06. The second-order valence-corrected chi connectivity index (χ2v) is 7.25. The van der Waals surface area contributed by atoms with Crippen LogP contribution in [0.3, 0.4) is 0 Å². The van der Waals surface area contributed by atoms with Gasteiger partial charge in [-0.3, -0.25) is 14.6 Å². The maximum atomic E-state index is 12.6. The average Bonchev–Trinajstić information content (AvgIpc) is 2.72. The first-order valence-corrected chi connectivity index (χ1v) is 9.84. The van der Waals surface area contributed by atoms with Crippen LogP contribution in [0, 0.1) is 13.8 Å². The van der Waals surface area contributed by atoms with Crippen molar-refractivity contribution in [2.75, 3.05) is 11.9 Å². The summed E-state index contributed by atoms with van der Waals surface area (Å²) in [6.45, 7) is 4.56. The number of anilines is 1. The van der Waals surface area contributed by atoms with Gasteiger partial charge in [-0.1, -0.05) is 23.8 Å². The van der Waals surface area contributed by atoms with Crippen LogP contribution in [0.15, 0.2) is 48.2 Å². The first-order valence-electron chi connectivity index (χ1n) is 9.84. The molecule has 1 aromatic carbocycles. The van der Waals surface area contributed by atoms with Crippen molar-refractivity contribution in [1.82, 2.24) is 10.3 Å². The van der Waals surface area contributed by atoms with Crippen LogP contribution in [0.5, 0.6) is 0 Å². The van der Waals surface area contributed by atoms with Gasteiger partial charge in [0.1, 0.15) is 5.69 Å². The maximum Gasteiger partial charge on any atom is 0.269 e. The molecule has 1 aromatic heterocycles. The molecule has 28 heavy (non-hydrogen) atoms. The number of carbonyl (C=O) groups is 2. The minimum absolute atomic E-state index is 0.252. The Morgan fingerprint density at radius 3 is 2.75 bits per heavy atom. The van der Waals surface area contributed by atoms with Crippen molar-refractivity contribution in [3.05, 3.63) is 70.6 Å². The van der Waals surface area contributed by atoms with Gasteiger partial charge < -0.3 is 10.6 Å². The fourth-order valence-corrected chi connectivity index (χ4v) is 3.34. The van der Waals surface area contributed by atoms with E-state index in [1.807, 2.05) is 32.0 Å². The second kappa shape index (κ2) is 9.31. The van der Waals surface area contributed by atoms with E-state index >= 15 is 0 Å². The normalized spacial score (nSPS) is 13.6. The molecular formula is C23H27N3O2. The molecule has 0 unspecified atom stereocenters. The highest BCUT2D eigenvalue weighted by Crippen LogP contribution is 2.20. The molecule has 2 amide bonds. The van der Waals surface area contributed by atoms with Crippen molar-refractivity contribution >= 4 is 17.5 Å². The molecule has 0 fully saturated rings. The van der Waals surface area contributed by atoms with Gasteiger partial charge >= 0.3 is 0 Å². The molecule has 0 saturated heterocycles. The van der Waals surface area contributed by atoms with Crippen LogP contribution in [0.4, 0.5) is 5.69 Å². The van der Waals surface area contributed by atoms with Gasteiger partial charge in [0.25, 0.3) is 11.8 Å². The van der Waals surface area contributed by atoms with E-state index in [2.05, 4.69) is 21.7 Å². The molecule has 0 aliphatic heterocycles. The largest absolute Gasteiger partial charge is 0.350 e. The zero-order valence-electron chi connectivity index (χ0n) is 16.5. The number of nitrogens with one attached hydrogen (secondary N) is 2. The molecule has 2 aromatic rings. The van der Waals surface area contributed by atoms with Crippen molar-refractivity contribution < 1.29 is 9.59 Å². The summed E-state index contributed by atoms with van der Waals surface area (Å²) in [5, 5.41) is 5.82. The van der Waals surface area contributed by atoms with Gasteiger partial charge in [0.05, 0.1) is 0 Å². The monoisotopic (exact) mass is 377 g/mol. The number of hydrogen-bond acceptors (Lipinski definition) is 3. The molecule has 146 valence electrons. The Morgan fingerprint density at radius 2 is 1.96 bits per heavy atom. The predicted molar refractivity (Wildman–Crippen MR) is 112 cm³/mol. The highest BCUT2D eigenvalue weighted by Gasteiger charge is 2.13. The van der Waals surface area contributed by atoms with Crippen LogP contribution in [0.1, 0.15) is 64.1 Å². The summed E-state index contributed by atoms with van der Waals surface area (Å²) in [6.07, 6.45) is 9.42. The van der Waals surface area contributed by atoms with E-state index in [1.165, 1.54) is 30.7 Å². The Hall–Kier alpha value is -2.95. The van der Waals surface area contributed by atoms with Crippen LogP contribution in [-0.4, -0.2) is 23.3 Å². The van der Waals surface area contributed by atoms with Crippen molar-refractivity contribution in [3.8, 4) is 0 Å². The first-order chi connectivity index (χ1) is 13.5. The Labute approximate surface area is 166 Å². The lowest BCUT2D eigenvalue weighted by Gasteiger charge is -2.13. The third-order valence-corrected chi connectivity index (χ3v) is 5.22. The van der Waals surface area contributed by atoms with Gasteiger partial charge in [0, 0.05) is 24.0 Å². The van der Waals surface area contributed by atoms with Gasteiger partial charge in [-0.25, -0.2) is 0 Å². The number of amides is 2. The standard InChI is InChI=1S/C23H27N3O2/c1-16-7-6-10-20(17(16)2)26-22(27)19-12-14-24-21(15-19)23(28)25-13-11-18-8-4-3-5-9-18/h6-8,10,12,14-15H,3-5,9,11,13H2,1-2H3,(H,25,28)(H,26,27). The van der Waals surface area contributed by atoms with Crippen molar-refractivity contribution in [3.63, 3.8) is 0 Å².